The molecular weight excluding hydrogens is 346 g/mol. The molecule has 0 aliphatic heterocycles. The average Bonchev–Trinajstić information content (AvgIpc) is 2.98. The van der Waals surface area contributed by atoms with Crippen molar-refractivity contribution < 1.29 is 9.59 Å². The highest BCUT2D eigenvalue weighted by atomic mass is 32.2. The zero-order valence-corrected chi connectivity index (χ0v) is 15.1. The molecule has 2 aromatic rings. The Balaban J connectivity index is 1.82. The summed E-state index contributed by atoms with van der Waals surface area (Å²) in [5.74, 6) is -0.0525. The van der Waals surface area contributed by atoms with Gasteiger partial charge in [0.25, 0.3) is 0 Å². The maximum absolute atomic E-state index is 12.0. The van der Waals surface area contributed by atoms with Crippen LogP contribution < -0.4 is 16.0 Å². The minimum atomic E-state index is -0.155. The summed E-state index contributed by atoms with van der Waals surface area (Å²) in [5.41, 5.74) is 1.28. The van der Waals surface area contributed by atoms with Gasteiger partial charge in [-0.1, -0.05) is 36.1 Å². The molecule has 0 aliphatic rings. The zero-order valence-electron chi connectivity index (χ0n) is 13.5. The van der Waals surface area contributed by atoms with Crippen molar-refractivity contribution >= 4 is 51.4 Å². The fourth-order valence-electron chi connectivity index (χ4n) is 1.77. The van der Waals surface area contributed by atoms with E-state index in [1.54, 1.807) is 24.3 Å². The molecule has 0 fully saturated rings. The van der Waals surface area contributed by atoms with Crippen LogP contribution in [-0.4, -0.2) is 34.3 Å². The highest BCUT2D eigenvalue weighted by Gasteiger charge is 2.08. The van der Waals surface area contributed by atoms with Gasteiger partial charge in [0.1, 0.15) is 0 Å². The van der Waals surface area contributed by atoms with Gasteiger partial charge in [-0.05, 0) is 24.6 Å². The smallest absolute Gasteiger partial charge is 0.234 e. The van der Waals surface area contributed by atoms with Crippen LogP contribution in [0.4, 0.5) is 16.5 Å². The van der Waals surface area contributed by atoms with Gasteiger partial charge >= 0.3 is 0 Å². The van der Waals surface area contributed by atoms with E-state index < -0.39 is 0 Å². The number of benzene rings is 1. The van der Waals surface area contributed by atoms with Crippen LogP contribution >= 0.6 is 23.1 Å². The van der Waals surface area contributed by atoms with E-state index >= 15 is 0 Å². The molecule has 1 aromatic heterocycles. The Bertz CT molecular complexity index is 705. The van der Waals surface area contributed by atoms with E-state index in [-0.39, 0.29) is 17.6 Å². The second-order valence-corrected chi connectivity index (χ2v) is 7.10. The molecule has 0 saturated heterocycles. The van der Waals surface area contributed by atoms with Gasteiger partial charge in [-0.25, -0.2) is 0 Å². The van der Waals surface area contributed by atoms with Gasteiger partial charge in [0.15, 0.2) is 4.34 Å². The van der Waals surface area contributed by atoms with E-state index in [2.05, 4.69) is 33.1 Å². The Kier molecular flexibility index (Phi) is 7.01. The number of nitrogens with one attached hydrogen (secondary N) is 3. The predicted octanol–water partition coefficient (Wildman–Crippen LogP) is 3.05. The van der Waals surface area contributed by atoms with Crippen LogP contribution in [0.3, 0.4) is 0 Å². The molecule has 0 atom stereocenters. The average molecular weight is 365 g/mol. The number of nitrogens with zero attached hydrogens (tertiary/aromatic N) is 2. The molecule has 0 spiro atoms. The summed E-state index contributed by atoms with van der Waals surface area (Å²) in [7, 11) is 0. The third-order valence-corrected chi connectivity index (χ3v) is 4.74. The first-order valence-electron chi connectivity index (χ1n) is 7.44. The van der Waals surface area contributed by atoms with Crippen molar-refractivity contribution in [2.24, 2.45) is 0 Å². The molecule has 0 bridgehead atoms. The Labute approximate surface area is 148 Å². The number of aromatic nitrogens is 2. The molecule has 7 nitrogen and oxygen atoms in total. The number of thioether (sulfide) groups is 1. The maximum atomic E-state index is 12.0. The Morgan fingerprint density at radius 3 is 2.67 bits per heavy atom. The normalized spacial score (nSPS) is 10.2. The van der Waals surface area contributed by atoms with E-state index in [9.17, 15) is 9.59 Å². The molecule has 2 amide bonds. The monoisotopic (exact) mass is 365 g/mol. The second kappa shape index (κ2) is 9.24. The third-order valence-electron chi connectivity index (χ3n) is 2.73. The molecule has 128 valence electrons. The molecule has 0 saturated carbocycles. The second-order valence-electron chi connectivity index (χ2n) is 4.90. The van der Waals surface area contributed by atoms with Crippen molar-refractivity contribution in [2.45, 2.75) is 24.6 Å². The Morgan fingerprint density at radius 2 is 1.96 bits per heavy atom. The topological polar surface area (TPSA) is 96.0 Å². The first kappa shape index (κ1) is 18.2. The van der Waals surface area contributed by atoms with Gasteiger partial charge < -0.3 is 16.0 Å². The number of anilines is 3. The van der Waals surface area contributed by atoms with Crippen molar-refractivity contribution in [3.8, 4) is 0 Å². The van der Waals surface area contributed by atoms with Crippen molar-refractivity contribution in [2.75, 3.05) is 28.2 Å². The van der Waals surface area contributed by atoms with Gasteiger partial charge in [-0.3, -0.25) is 9.59 Å². The summed E-state index contributed by atoms with van der Waals surface area (Å²) in [5, 5.41) is 17.5. The highest BCUT2D eigenvalue weighted by Crippen LogP contribution is 2.25. The van der Waals surface area contributed by atoms with E-state index in [1.165, 1.54) is 30.0 Å². The number of amides is 2. The van der Waals surface area contributed by atoms with Crippen LogP contribution in [0.1, 0.15) is 20.3 Å². The molecule has 1 heterocycles. The van der Waals surface area contributed by atoms with Crippen molar-refractivity contribution in [1.82, 2.24) is 10.2 Å². The summed E-state index contributed by atoms with van der Waals surface area (Å²) in [6.45, 7) is 4.37. The maximum Gasteiger partial charge on any atom is 0.234 e. The van der Waals surface area contributed by atoms with Gasteiger partial charge in [0.05, 0.1) is 5.75 Å². The molecule has 9 heteroatoms. The quantitative estimate of drug-likeness (QED) is 0.622. The lowest BCUT2D eigenvalue weighted by molar-refractivity contribution is -0.114. The lowest BCUT2D eigenvalue weighted by Crippen LogP contribution is -2.14. The van der Waals surface area contributed by atoms with Crippen LogP contribution in [0.25, 0.3) is 0 Å². The largest absolute Gasteiger partial charge is 0.360 e. The molecule has 0 radical (unpaired) electrons. The summed E-state index contributed by atoms with van der Waals surface area (Å²) >= 11 is 2.77. The fourth-order valence-corrected chi connectivity index (χ4v) is 3.35. The zero-order chi connectivity index (χ0) is 17.4. The number of carbonyl (C=O) groups is 2. The van der Waals surface area contributed by atoms with E-state index in [4.69, 9.17) is 0 Å². The molecule has 2 rings (SSSR count). The van der Waals surface area contributed by atoms with Gasteiger partial charge in [-0.15, -0.1) is 10.2 Å². The van der Waals surface area contributed by atoms with E-state index in [1.807, 2.05) is 0 Å². The lowest BCUT2D eigenvalue weighted by atomic mass is 10.2. The number of hydrogen-bond acceptors (Lipinski definition) is 7. The summed E-state index contributed by atoms with van der Waals surface area (Å²) < 4.78 is 0.746. The van der Waals surface area contributed by atoms with Crippen molar-refractivity contribution in [3.05, 3.63) is 24.3 Å². The number of rotatable bonds is 8. The first-order chi connectivity index (χ1) is 11.6. The van der Waals surface area contributed by atoms with Crippen molar-refractivity contribution in [1.29, 1.82) is 0 Å². The van der Waals surface area contributed by atoms with E-state index in [0.717, 1.165) is 22.4 Å². The van der Waals surface area contributed by atoms with Crippen LogP contribution in [0, 0.1) is 0 Å². The molecule has 3 N–H and O–H groups in total. The summed E-state index contributed by atoms with van der Waals surface area (Å²) in [4.78, 5) is 23.1. The minimum Gasteiger partial charge on any atom is -0.360 e. The molecule has 1 aromatic carbocycles. The Hall–Kier alpha value is -2.13. The molecular formula is C15H19N5O2S2. The minimum absolute atomic E-state index is 0.141. The third kappa shape index (κ3) is 6.17. The standard InChI is InChI=1S/C15H19N5O2S2/c1-3-7-16-14-19-20-15(24-14)23-9-13(22)18-12-6-4-5-11(8-12)17-10(2)21/h4-6,8H,3,7,9H2,1-2H3,(H,16,19)(H,17,21)(H,18,22). The number of carbonyl (C=O) groups excluding carboxylic acids is 2. The van der Waals surface area contributed by atoms with Gasteiger partial charge in [0.2, 0.25) is 16.9 Å². The molecule has 24 heavy (non-hydrogen) atoms. The molecule has 0 aliphatic carbocycles. The SMILES string of the molecule is CCCNc1nnc(SCC(=O)Nc2cccc(NC(C)=O)c2)s1. The first-order valence-corrected chi connectivity index (χ1v) is 9.24. The number of hydrogen-bond donors (Lipinski definition) is 3. The fraction of sp³-hybridized carbons (Fsp3) is 0.333. The summed E-state index contributed by atoms with van der Waals surface area (Å²) in [6.07, 6.45) is 1.02. The Morgan fingerprint density at radius 1 is 1.21 bits per heavy atom. The van der Waals surface area contributed by atoms with Crippen LogP contribution in [-0.2, 0) is 9.59 Å². The summed E-state index contributed by atoms with van der Waals surface area (Å²) in [6, 6.07) is 7.01. The van der Waals surface area contributed by atoms with Gasteiger partial charge in [0, 0.05) is 24.8 Å². The van der Waals surface area contributed by atoms with Gasteiger partial charge in [-0.2, -0.15) is 0 Å². The van der Waals surface area contributed by atoms with Crippen molar-refractivity contribution in [3.63, 3.8) is 0 Å². The van der Waals surface area contributed by atoms with Crippen LogP contribution in [0.15, 0.2) is 28.6 Å². The highest BCUT2D eigenvalue weighted by molar-refractivity contribution is 8.01. The van der Waals surface area contributed by atoms with Crippen LogP contribution in [0.5, 0.6) is 0 Å². The predicted molar refractivity (Wildman–Crippen MR) is 98.8 cm³/mol. The van der Waals surface area contributed by atoms with E-state index in [0.29, 0.717) is 11.4 Å². The lowest BCUT2D eigenvalue weighted by Gasteiger charge is -2.07. The molecule has 0 unspecified atom stereocenters. The van der Waals surface area contributed by atoms with Crippen LogP contribution in [0.2, 0.25) is 0 Å².